The molecule has 94 valence electrons. The Bertz CT molecular complexity index is 500. The maximum atomic E-state index is 11.9. The van der Waals surface area contributed by atoms with Crippen molar-refractivity contribution in [3.05, 3.63) is 53.6 Å². The smallest absolute Gasteiger partial charge is 0.251 e. The molecule has 0 radical (unpaired) electrons. The van der Waals surface area contributed by atoms with Crippen LogP contribution in [0.5, 0.6) is 0 Å². The second-order valence-corrected chi connectivity index (χ2v) is 4.54. The number of aromatic nitrogens is 2. The Morgan fingerprint density at radius 2 is 2.06 bits per heavy atom. The van der Waals surface area contributed by atoms with Crippen LogP contribution in [0.25, 0.3) is 0 Å². The highest BCUT2D eigenvalue weighted by Gasteiger charge is 2.06. The van der Waals surface area contributed by atoms with Crippen molar-refractivity contribution in [3.63, 3.8) is 0 Å². The van der Waals surface area contributed by atoms with Gasteiger partial charge in [0, 0.05) is 11.8 Å². The predicted molar refractivity (Wildman–Crippen MR) is 70.3 cm³/mol. The zero-order chi connectivity index (χ0) is 13.0. The van der Waals surface area contributed by atoms with Crippen molar-refractivity contribution >= 4 is 5.91 Å². The van der Waals surface area contributed by atoms with Gasteiger partial charge in [-0.2, -0.15) is 0 Å². The van der Waals surface area contributed by atoms with Gasteiger partial charge in [0.1, 0.15) is 0 Å². The molecule has 4 nitrogen and oxygen atoms in total. The average Bonchev–Trinajstić information content (AvgIpc) is 2.89. The first-order valence-corrected chi connectivity index (χ1v) is 6.02. The molecule has 0 saturated heterocycles. The summed E-state index contributed by atoms with van der Waals surface area (Å²) >= 11 is 0. The van der Waals surface area contributed by atoms with Gasteiger partial charge in [-0.1, -0.05) is 26.0 Å². The Kier molecular flexibility index (Phi) is 3.77. The van der Waals surface area contributed by atoms with Crippen molar-refractivity contribution in [2.24, 2.45) is 0 Å². The monoisotopic (exact) mass is 243 g/mol. The molecule has 1 aromatic carbocycles. The molecular formula is C14H17N3O. The molecule has 0 aliphatic heterocycles. The Hall–Kier alpha value is -2.10. The SMILES string of the molecule is CC(C)c1ccc(C(=O)NCc2cnc[nH]2)cc1. The second kappa shape index (κ2) is 5.49. The van der Waals surface area contributed by atoms with E-state index in [4.69, 9.17) is 0 Å². The van der Waals surface area contributed by atoms with E-state index >= 15 is 0 Å². The van der Waals surface area contributed by atoms with E-state index in [-0.39, 0.29) is 5.91 Å². The summed E-state index contributed by atoms with van der Waals surface area (Å²) < 4.78 is 0. The number of aromatic amines is 1. The number of hydrogen-bond acceptors (Lipinski definition) is 2. The molecule has 0 unspecified atom stereocenters. The van der Waals surface area contributed by atoms with Crippen LogP contribution in [0.4, 0.5) is 0 Å². The van der Waals surface area contributed by atoms with Gasteiger partial charge in [-0.3, -0.25) is 4.79 Å². The van der Waals surface area contributed by atoms with Gasteiger partial charge < -0.3 is 10.3 Å². The van der Waals surface area contributed by atoms with Crippen LogP contribution >= 0.6 is 0 Å². The van der Waals surface area contributed by atoms with Crippen molar-refractivity contribution in [2.45, 2.75) is 26.3 Å². The summed E-state index contributed by atoms with van der Waals surface area (Å²) in [4.78, 5) is 18.7. The third-order valence-corrected chi connectivity index (χ3v) is 2.83. The van der Waals surface area contributed by atoms with E-state index in [2.05, 4.69) is 29.1 Å². The van der Waals surface area contributed by atoms with Crippen LogP contribution in [0.2, 0.25) is 0 Å². The van der Waals surface area contributed by atoms with Gasteiger partial charge in [0.15, 0.2) is 0 Å². The van der Waals surface area contributed by atoms with Crippen LogP contribution in [0.1, 0.15) is 41.4 Å². The maximum Gasteiger partial charge on any atom is 0.251 e. The number of nitrogens with zero attached hydrogens (tertiary/aromatic N) is 1. The first-order valence-electron chi connectivity index (χ1n) is 6.02. The largest absolute Gasteiger partial charge is 0.347 e. The fourth-order valence-corrected chi connectivity index (χ4v) is 1.68. The molecule has 0 fully saturated rings. The van der Waals surface area contributed by atoms with Gasteiger partial charge in [-0.15, -0.1) is 0 Å². The van der Waals surface area contributed by atoms with Crippen LogP contribution in [0.15, 0.2) is 36.8 Å². The van der Waals surface area contributed by atoms with Gasteiger partial charge in [0.05, 0.1) is 18.6 Å². The van der Waals surface area contributed by atoms with E-state index in [1.54, 1.807) is 12.5 Å². The first-order chi connectivity index (χ1) is 8.66. The molecule has 2 N–H and O–H groups in total. The number of carbonyl (C=O) groups excluding carboxylic acids is 1. The number of imidazole rings is 1. The minimum Gasteiger partial charge on any atom is -0.347 e. The summed E-state index contributed by atoms with van der Waals surface area (Å²) in [6.45, 7) is 4.73. The molecule has 2 aromatic rings. The molecular weight excluding hydrogens is 226 g/mol. The highest BCUT2D eigenvalue weighted by Crippen LogP contribution is 2.14. The Morgan fingerprint density at radius 1 is 1.33 bits per heavy atom. The van der Waals surface area contributed by atoms with Gasteiger partial charge in [-0.25, -0.2) is 4.98 Å². The lowest BCUT2D eigenvalue weighted by Crippen LogP contribution is -2.22. The van der Waals surface area contributed by atoms with E-state index in [9.17, 15) is 4.79 Å². The van der Waals surface area contributed by atoms with Crippen molar-refractivity contribution in [2.75, 3.05) is 0 Å². The lowest BCUT2D eigenvalue weighted by atomic mass is 10.0. The fourth-order valence-electron chi connectivity index (χ4n) is 1.68. The molecule has 1 amide bonds. The molecule has 0 saturated carbocycles. The van der Waals surface area contributed by atoms with Crippen molar-refractivity contribution in [1.82, 2.24) is 15.3 Å². The van der Waals surface area contributed by atoms with E-state index in [0.29, 0.717) is 18.0 Å². The average molecular weight is 243 g/mol. The summed E-state index contributed by atoms with van der Waals surface area (Å²) in [5, 5.41) is 2.84. The number of rotatable bonds is 4. The second-order valence-electron chi connectivity index (χ2n) is 4.54. The molecule has 2 rings (SSSR count). The minimum atomic E-state index is -0.0695. The fraction of sp³-hybridized carbons (Fsp3) is 0.286. The molecule has 4 heteroatoms. The standard InChI is InChI=1S/C14H17N3O/c1-10(2)11-3-5-12(6-4-11)14(18)16-8-13-7-15-9-17-13/h3-7,9-10H,8H2,1-2H3,(H,15,17)(H,16,18). The summed E-state index contributed by atoms with van der Waals surface area (Å²) in [6, 6.07) is 7.71. The minimum absolute atomic E-state index is 0.0695. The van der Waals surface area contributed by atoms with Crippen LogP contribution in [0, 0.1) is 0 Å². The van der Waals surface area contributed by atoms with E-state index in [0.717, 1.165) is 5.69 Å². The highest BCUT2D eigenvalue weighted by atomic mass is 16.1. The van der Waals surface area contributed by atoms with Crippen LogP contribution in [0.3, 0.4) is 0 Å². The van der Waals surface area contributed by atoms with Crippen molar-refractivity contribution < 1.29 is 4.79 Å². The molecule has 0 atom stereocenters. The third kappa shape index (κ3) is 2.97. The zero-order valence-corrected chi connectivity index (χ0v) is 10.6. The lowest BCUT2D eigenvalue weighted by Gasteiger charge is -2.07. The Morgan fingerprint density at radius 3 is 2.61 bits per heavy atom. The van der Waals surface area contributed by atoms with Crippen LogP contribution in [-0.4, -0.2) is 15.9 Å². The highest BCUT2D eigenvalue weighted by molar-refractivity contribution is 5.94. The Labute approximate surface area is 106 Å². The zero-order valence-electron chi connectivity index (χ0n) is 10.6. The number of hydrogen-bond donors (Lipinski definition) is 2. The van der Waals surface area contributed by atoms with Gasteiger partial charge in [0.25, 0.3) is 5.91 Å². The van der Waals surface area contributed by atoms with Gasteiger partial charge >= 0.3 is 0 Å². The van der Waals surface area contributed by atoms with Gasteiger partial charge in [0.2, 0.25) is 0 Å². The van der Waals surface area contributed by atoms with Crippen LogP contribution in [-0.2, 0) is 6.54 Å². The third-order valence-electron chi connectivity index (χ3n) is 2.83. The number of amides is 1. The molecule has 0 spiro atoms. The Balaban J connectivity index is 1.96. The first kappa shape index (κ1) is 12.4. The number of benzene rings is 1. The molecule has 18 heavy (non-hydrogen) atoms. The van der Waals surface area contributed by atoms with Crippen molar-refractivity contribution in [1.29, 1.82) is 0 Å². The normalized spacial score (nSPS) is 10.6. The van der Waals surface area contributed by atoms with E-state index in [1.165, 1.54) is 5.56 Å². The quantitative estimate of drug-likeness (QED) is 0.866. The maximum absolute atomic E-state index is 11.9. The summed E-state index contributed by atoms with van der Waals surface area (Å²) in [7, 11) is 0. The van der Waals surface area contributed by atoms with E-state index in [1.807, 2.05) is 24.3 Å². The number of H-pyrrole nitrogens is 1. The molecule has 0 bridgehead atoms. The summed E-state index contributed by atoms with van der Waals surface area (Å²) in [5.41, 5.74) is 2.81. The molecule has 1 aromatic heterocycles. The molecule has 1 heterocycles. The predicted octanol–water partition coefficient (Wildman–Crippen LogP) is 2.46. The summed E-state index contributed by atoms with van der Waals surface area (Å²) in [6.07, 6.45) is 3.29. The van der Waals surface area contributed by atoms with Gasteiger partial charge in [-0.05, 0) is 23.6 Å². The topological polar surface area (TPSA) is 57.8 Å². The molecule has 0 aliphatic carbocycles. The van der Waals surface area contributed by atoms with E-state index < -0.39 is 0 Å². The molecule has 0 aliphatic rings. The van der Waals surface area contributed by atoms with Crippen LogP contribution < -0.4 is 5.32 Å². The van der Waals surface area contributed by atoms with Crippen molar-refractivity contribution in [3.8, 4) is 0 Å². The number of nitrogens with one attached hydrogen (secondary N) is 2. The lowest BCUT2D eigenvalue weighted by molar-refractivity contribution is 0.0950. The number of carbonyl (C=O) groups is 1. The summed E-state index contributed by atoms with van der Waals surface area (Å²) in [5.74, 6) is 0.409.